The maximum atomic E-state index is 5.99. The van der Waals surface area contributed by atoms with Crippen LogP contribution in [0, 0.1) is 5.92 Å². The Kier molecular flexibility index (Phi) is 5.86. The van der Waals surface area contributed by atoms with Crippen molar-refractivity contribution in [2.45, 2.75) is 38.3 Å². The molecule has 1 rings (SSSR count). The summed E-state index contributed by atoms with van der Waals surface area (Å²) in [7, 11) is 3.55. The molecule has 3 atom stereocenters. The fraction of sp³-hybridized carbons (Fsp3) is 1.00. The van der Waals surface area contributed by atoms with E-state index in [-0.39, 0.29) is 5.54 Å². The van der Waals surface area contributed by atoms with Gasteiger partial charge in [0.25, 0.3) is 0 Å². The van der Waals surface area contributed by atoms with Crippen molar-refractivity contribution in [3.8, 4) is 0 Å². The molecule has 0 aromatic heterocycles. The van der Waals surface area contributed by atoms with Crippen LogP contribution in [0.4, 0.5) is 0 Å². The highest BCUT2D eigenvalue weighted by Crippen LogP contribution is 2.27. The van der Waals surface area contributed by atoms with Crippen LogP contribution in [-0.2, 0) is 9.47 Å². The van der Waals surface area contributed by atoms with Crippen LogP contribution in [0.2, 0.25) is 0 Å². The predicted octanol–water partition coefficient (Wildman–Crippen LogP) is 1.10. The molecule has 0 amide bonds. The van der Waals surface area contributed by atoms with Gasteiger partial charge in [0, 0.05) is 27.3 Å². The second kappa shape index (κ2) is 6.69. The Hall–Kier alpha value is -0.160. The number of hydrogen-bond donors (Lipinski definition) is 1. The van der Waals surface area contributed by atoms with E-state index in [1.807, 2.05) is 0 Å². The number of methoxy groups -OCH3 is 2. The molecule has 1 saturated heterocycles. The Morgan fingerprint density at radius 1 is 1.41 bits per heavy atom. The summed E-state index contributed by atoms with van der Waals surface area (Å²) < 4.78 is 10.9. The average molecular weight is 244 g/mol. The molecule has 4 heteroatoms. The normalized spacial score (nSPS) is 30.2. The molecule has 4 nitrogen and oxygen atoms in total. The molecule has 1 fully saturated rings. The third-order valence-corrected chi connectivity index (χ3v) is 4.31. The monoisotopic (exact) mass is 244 g/mol. The van der Waals surface area contributed by atoms with Gasteiger partial charge in [-0.15, -0.1) is 0 Å². The molecule has 0 bridgehead atoms. The summed E-state index contributed by atoms with van der Waals surface area (Å²) in [6.45, 7) is 7.85. The van der Waals surface area contributed by atoms with Gasteiger partial charge < -0.3 is 15.2 Å². The van der Waals surface area contributed by atoms with E-state index in [1.165, 1.54) is 6.42 Å². The molecule has 1 heterocycles. The van der Waals surface area contributed by atoms with Crippen molar-refractivity contribution in [3.05, 3.63) is 0 Å². The molecule has 102 valence electrons. The van der Waals surface area contributed by atoms with Gasteiger partial charge in [-0.05, 0) is 25.3 Å². The van der Waals surface area contributed by atoms with Crippen molar-refractivity contribution in [2.75, 3.05) is 40.5 Å². The van der Waals surface area contributed by atoms with Crippen LogP contribution in [-0.4, -0.2) is 57.0 Å². The van der Waals surface area contributed by atoms with Crippen molar-refractivity contribution in [3.63, 3.8) is 0 Å². The predicted molar refractivity (Wildman–Crippen MR) is 70.1 cm³/mol. The Morgan fingerprint density at radius 2 is 2.12 bits per heavy atom. The summed E-state index contributed by atoms with van der Waals surface area (Å²) in [5.41, 5.74) is 5.97. The summed E-state index contributed by atoms with van der Waals surface area (Å²) >= 11 is 0. The number of ether oxygens (including phenoxy) is 2. The van der Waals surface area contributed by atoms with E-state index in [9.17, 15) is 0 Å². The van der Waals surface area contributed by atoms with E-state index in [0.717, 1.165) is 19.5 Å². The van der Waals surface area contributed by atoms with Gasteiger partial charge in [0.2, 0.25) is 0 Å². The molecule has 3 unspecified atom stereocenters. The Morgan fingerprint density at radius 3 is 2.59 bits per heavy atom. The Bertz CT molecular complexity index is 219. The maximum absolute atomic E-state index is 5.99. The number of likely N-dealkylation sites (tertiary alicyclic amines) is 1. The summed E-state index contributed by atoms with van der Waals surface area (Å²) in [5, 5.41) is 0. The highest BCUT2D eigenvalue weighted by atomic mass is 16.5. The number of nitrogens with two attached hydrogens (primary N) is 1. The highest BCUT2D eigenvalue weighted by Gasteiger charge is 2.38. The van der Waals surface area contributed by atoms with Crippen LogP contribution in [0.1, 0.15) is 26.7 Å². The van der Waals surface area contributed by atoms with Crippen molar-refractivity contribution >= 4 is 0 Å². The third kappa shape index (κ3) is 3.19. The fourth-order valence-electron chi connectivity index (χ4n) is 2.79. The van der Waals surface area contributed by atoms with Crippen molar-refractivity contribution in [1.82, 2.24) is 4.90 Å². The minimum Gasteiger partial charge on any atom is -0.383 e. The molecule has 0 saturated carbocycles. The standard InChI is InChI=1S/C13H28N2O2/c1-5-13(9-14,10-16-3)15-7-6-11(2)12(8-15)17-4/h11-12H,5-10,14H2,1-4H3. The van der Waals surface area contributed by atoms with Crippen LogP contribution in [0.25, 0.3) is 0 Å². The van der Waals surface area contributed by atoms with Gasteiger partial charge in [-0.1, -0.05) is 13.8 Å². The van der Waals surface area contributed by atoms with Gasteiger partial charge in [0.1, 0.15) is 0 Å². The van der Waals surface area contributed by atoms with Crippen molar-refractivity contribution in [1.29, 1.82) is 0 Å². The van der Waals surface area contributed by atoms with Gasteiger partial charge in [0.15, 0.2) is 0 Å². The summed E-state index contributed by atoms with van der Waals surface area (Å²) in [5.74, 6) is 0.631. The first-order valence-electron chi connectivity index (χ1n) is 6.60. The molecule has 0 aromatic rings. The average Bonchev–Trinajstić information content (AvgIpc) is 2.37. The van der Waals surface area contributed by atoms with Gasteiger partial charge in [-0.3, -0.25) is 4.90 Å². The molecule has 17 heavy (non-hydrogen) atoms. The molecular weight excluding hydrogens is 216 g/mol. The molecule has 1 aliphatic rings. The quantitative estimate of drug-likeness (QED) is 0.760. The van der Waals surface area contributed by atoms with Gasteiger partial charge >= 0.3 is 0 Å². The van der Waals surface area contributed by atoms with E-state index in [4.69, 9.17) is 15.2 Å². The summed E-state index contributed by atoms with van der Waals surface area (Å²) in [6, 6.07) is 0. The second-order valence-electron chi connectivity index (χ2n) is 5.20. The van der Waals surface area contributed by atoms with Crippen LogP contribution in [0.15, 0.2) is 0 Å². The molecule has 2 N–H and O–H groups in total. The third-order valence-electron chi connectivity index (χ3n) is 4.31. The van der Waals surface area contributed by atoms with Crippen LogP contribution in [0.3, 0.4) is 0 Å². The van der Waals surface area contributed by atoms with Crippen LogP contribution < -0.4 is 5.73 Å². The lowest BCUT2D eigenvalue weighted by Gasteiger charge is -2.47. The summed E-state index contributed by atoms with van der Waals surface area (Å²) in [6.07, 6.45) is 2.50. The number of rotatable bonds is 6. The smallest absolute Gasteiger partial charge is 0.0724 e. The number of piperidine rings is 1. The van der Waals surface area contributed by atoms with Crippen molar-refractivity contribution in [2.24, 2.45) is 11.7 Å². The van der Waals surface area contributed by atoms with Crippen molar-refractivity contribution < 1.29 is 9.47 Å². The first-order valence-corrected chi connectivity index (χ1v) is 6.60. The van der Waals surface area contributed by atoms with Crippen LogP contribution in [0.5, 0.6) is 0 Å². The maximum Gasteiger partial charge on any atom is 0.0724 e. The lowest BCUT2D eigenvalue weighted by atomic mass is 9.88. The van der Waals surface area contributed by atoms with Crippen LogP contribution >= 0.6 is 0 Å². The second-order valence-corrected chi connectivity index (χ2v) is 5.20. The molecule has 0 spiro atoms. The molecule has 0 aliphatic carbocycles. The van der Waals surface area contributed by atoms with Gasteiger partial charge in [0.05, 0.1) is 18.2 Å². The lowest BCUT2D eigenvalue weighted by Crippen LogP contribution is -2.61. The summed E-state index contributed by atoms with van der Waals surface area (Å²) in [4.78, 5) is 2.46. The first-order chi connectivity index (χ1) is 8.13. The minimum atomic E-state index is -0.0222. The zero-order valence-electron chi connectivity index (χ0n) is 11.7. The lowest BCUT2D eigenvalue weighted by molar-refractivity contribution is -0.0661. The zero-order chi connectivity index (χ0) is 12.9. The molecular formula is C13H28N2O2. The largest absolute Gasteiger partial charge is 0.383 e. The van der Waals surface area contributed by atoms with E-state index in [0.29, 0.717) is 25.2 Å². The van der Waals surface area contributed by atoms with E-state index < -0.39 is 0 Å². The number of hydrogen-bond acceptors (Lipinski definition) is 4. The molecule has 0 radical (unpaired) electrons. The Labute approximate surface area is 105 Å². The van der Waals surface area contributed by atoms with Gasteiger partial charge in [-0.2, -0.15) is 0 Å². The molecule has 0 aromatic carbocycles. The van der Waals surface area contributed by atoms with E-state index in [1.54, 1.807) is 14.2 Å². The van der Waals surface area contributed by atoms with E-state index >= 15 is 0 Å². The Balaban J connectivity index is 2.74. The number of nitrogens with zero attached hydrogens (tertiary/aromatic N) is 1. The zero-order valence-corrected chi connectivity index (χ0v) is 11.7. The SMILES string of the molecule is CCC(CN)(COC)N1CCC(C)C(OC)C1. The molecule has 1 aliphatic heterocycles. The minimum absolute atomic E-state index is 0.0222. The first kappa shape index (κ1) is 14.9. The highest BCUT2D eigenvalue weighted by molar-refractivity contribution is 4.94. The van der Waals surface area contributed by atoms with E-state index in [2.05, 4.69) is 18.7 Å². The topological polar surface area (TPSA) is 47.7 Å². The van der Waals surface area contributed by atoms with Gasteiger partial charge in [-0.25, -0.2) is 0 Å². The fourth-order valence-corrected chi connectivity index (χ4v) is 2.79.